The van der Waals surface area contributed by atoms with Gasteiger partial charge in [0.15, 0.2) is 4.34 Å². The number of halogens is 4. The Hall–Kier alpha value is -2.50. The number of nitrogens with one attached hydrogen (secondary N) is 2. The Morgan fingerprint density at radius 3 is 2.71 bits per heavy atom. The smallest absolute Gasteiger partial charge is 0.418 e. The van der Waals surface area contributed by atoms with Gasteiger partial charge in [-0.25, -0.2) is 0 Å². The van der Waals surface area contributed by atoms with Crippen LogP contribution in [0.3, 0.4) is 0 Å². The summed E-state index contributed by atoms with van der Waals surface area (Å²) >= 11 is 7.96. The van der Waals surface area contributed by atoms with Crippen LogP contribution in [0.1, 0.15) is 12.5 Å². The second kappa shape index (κ2) is 9.75. The number of anilines is 3. The van der Waals surface area contributed by atoms with Crippen LogP contribution in [0.15, 0.2) is 46.8 Å². The van der Waals surface area contributed by atoms with Gasteiger partial charge in [-0.2, -0.15) is 13.2 Å². The van der Waals surface area contributed by atoms with Crippen LogP contribution in [-0.4, -0.2) is 28.5 Å². The number of rotatable bonds is 7. The van der Waals surface area contributed by atoms with Crippen LogP contribution in [0, 0.1) is 0 Å². The summed E-state index contributed by atoms with van der Waals surface area (Å²) in [5.74, 6) is 0.0742. The van der Waals surface area contributed by atoms with Crippen molar-refractivity contribution in [1.82, 2.24) is 10.2 Å². The summed E-state index contributed by atoms with van der Waals surface area (Å²) in [5.41, 5.74) is -0.613. The molecule has 0 spiro atoms. The summed E-state index contributed by atoms with van der Waals surface area (Å²) in [6.07, 6.45) is -4.65. The van der Waals surface area contributed by atoms with E-state index < -0.39 is 22.9 Å². The normalized spacial score (nSPS) is 12.3. The zero-order valence-electron chi connectivity index (χ0n) is 16.2. The average Bonchev–Trinajstić information content (AvgIpc) is 3.15. The Bertz CT molecular complexity index is 1080. The molecule has 164 valence electrons. The number of benzene rings is 2. The monoisotopic (exact) mass is 488 g/mol. The number of carbonyl (C=O) groups excluding carboxylic acids is 1. The van der Waals surface area contributed by atoms with Crippen molar-refractivity contribution < 1.29 is 22.7 Å². The molecule has 0 saturated carbocycles. The molecule has 3 aromatic rings. The zero-order chi connectivity index (χ0) is 22.6. The molecule has 0 aliphatic rings. The standard InChI is InChI=1S/C19H16ClF3N4O2S2/c1-10(16(28)25-15-7-6-11(20)8-14(15)19(21,22)23)30-18-27-26-17(31-18)24-12-4-3-5-13(9-12)29-2/h3-10H,1-2H3,(H,24,26)(H,25,28). The van der Waals surface area contributed by atoms with E-state index in [4.69, 9.17) is 16.3 Å². The number of carbonyl (C=O) groups is 1. The molecule has 1 atom stereocenters. The number of hydrogen-bond acceptors (Lipinski definition) is 7. The molecule has 0 aliphatic carbocycles. The maximum Gasteiger partial charge on any atom is 0.418 e. The molecule has 1 unspecified atom stereocenters. The largest absolute Gasteiger partial charge is 0.497 e. The first-order valence-electron chi connectivity index (χ1n) is 8.74. The van der Waals surface area contributed by atoms with E-state index in [9.17, 15) is 18.0 Å². The van der Waals surface area contributed by atoms with Crippen LogP contribution in [-0.2, 0) is 11.0 Å². The SMILES string of the molecule is COc1cccc(Nc2nnc(SC(C)C(=O)Nc3ccc(Cl)cc3C(F)(F)F)s2)c1. The van der Waals surface area contributed by atoms with Crippen molar-refractivity contribution in [3.63, 3.8) is 0 Å². The molecule has 1 amide bonds. The Morgan fingerprint density at radius 2 is 2.00 bits per heavy atom. The van der Waals surface area contributed by atoms with Gasteiger partial charge in [0.1, 0.15) is 5.75 Å². The number of ether oxygens (including phenoxy) is 1. The Morgan fingerprint density at radius 1 is 1.23 bits per heavy atom. The van der Waals surface area contributed by atoms with Crippen LogP contribution in [0.4, 0.5) is 29.7 Å². The lowest BCUT2D eigenvalue weighted by molar-refractivity contribution is -0.137. The topological polar surface area (TPSA) is 76.1 Å². The molecule has 2 aromatic carbocycles. The van der Waals surface area contributed by atoms with Gasteiger partial charge in [0.05, 0.1) is 23.6 Å². The van der Waals surface area contributed by atoms with E-state index in [0.29, 0.717) is 15.2 Å². The molecule has 0 aliphatic heterocycles. The third-order valence-corrected chi connectivity index (χ3v) is 6.18. The first kappa shape index (κ1) is 23.2. The summed E-state index contributed by atoms with van der Waals surface area (Å²) in [6.45, 7) is 1.57. The minimum absolute atomic E-state index is 0.0716. The Balaban J connectivity index is 1.64. The number of thioether (sulfide) groups is 1. The van der Waals surface area contributed by atoms with Crippen molar-refractivity contribution >= 4 is 57.1 Å². The predicted octanol–water partition coefficient (Wildman–Crippen LogP) is 6.08. The van der Waals surface area contributed by atoms with Crippen molar-refractivity contribution in [2.45, 2.75) is 22.7 Å². The lowest BCUT2D eigenvalue weighted by Crippen LogP contribution is -2.24. The third-order valence-electron chi connectivity index (χ3n) is 3.92. The van der Waals surface area contributed by atoms with Crippen molar-refractivity contribution in [2.75, 3.05) is 17.7 Å². The Kier molecular flexibility index (Phi) is 7.29. The minimum Gasteiger partial charge on any atom is -0.497 e. The number of methoxy groups -OCH3 is 1. The minimum atomic E-state index is -4.65. The molecule has 2 N–H and O–H groups in total. The number of hydrogen-bond donors (Lipinski definition) is 2. The highest BCUT2D eigenvalue weighted by atomic mass is 35.5. The summed E-state index contributed by atoms with van der Waals surface area (Å²) in [4.78, 5) is 12.4. The zero-order valence-corrected chi connectivity index (χ0v) is 18.5. The van der Waals surface area contributed by atoms with E-state index in [1.54, 1.807) is 26.2 Å². The van der Waals surface area contributed by atoms with E-state index in [1.165, 1.54) is 17.4 Å². The lowest BCUT2D eigenvalue weighted by atomic mass is 10.1. The van der Waals surface area contributed by atoms with Crippen molar-refractivity contribution in [1.29, 1.82) is 0 Å². The second-order valence-corrected chi connectivity index (χ2v) is 9.17. The average molecular weight is 489 g/mol. The van der Waals surface area contributed by atoms with Crippen molar-refractivity contribution in [3.8, 4) is 5.75 Å². The molecule has 0 fully saturated rings. The molecular weight excluding hydrogens is 473 g/mol. The highest BCUT2D eigenvalue weighted by molar-refractivity contribution is 8.02. The van der Waals surface area contributed by atoms with E-state index in [1.807, 2.05) is 12.1 Å². The molecule has 12 heteroatoms. The quantitative estimate of drug-likeness (QED) is 0.392. The van der Waals surface area contributed by atoms with Gasteiger partial charge in [-0.05, 0) is 37.3 Å². The third kappa shape index (κ3) is 6.25. The predicted molar refractivity (Wildman–Crippen MR) is 117 cm³/mol. The molecule has 0 radical (unpaired) electrons. The summed E-state index contributed by atoms with van der Waals surface area (Å²) in [5, 5.41) is 13.1. The van der Waals surface area contributed by atoms with Crippen LogP contribution in [0.5, 0.6) is 5.75 Å². The summed E-state index contributed by atoms with van der Waals surface area (Å²) in [7, 11) is 1.56. The maximum atomic E-state index is 13.2. The molecule has 1 heterocycles. The van der Waals surface area contributed by atoms with Gasteiger partial charge in [0.2, 0.25) is 11.0 Å². The van der Waals surface area contributed by atoms with E-state index >= 15 is 0 Å². The molecule has 0 bridgehead atoms. The first-order valence-corrected chi connectivity index (χ1v) is 10.8. The number of alkyl halides is 3. The number of amides is 1. The molecular formula is C19H16ClF3N4O2S2. The fourth-order valence-corrected chi connectivity index (χ4v) is 4.52. The molecule has 1 aromatic heterocycles. The molecule has 0 saturated heterocycles. The van der Waals surface area contributed by atoms with Crippen molar-refractivity contribution in [3.05, 3.63) is 53.1 Å². The van der Waals surface area contributed by atoms with Gasteiger partial charge < -0.3 is 15.4 Å². The van der Waals surface area contributed by atoms with Gasteiger partial charge in [0.25, 0.3) is 0 Å². The van der Waals surface area contributed by atoms with Gasteiger partial charge >= 0.3 is 6.18 Å². The van der Waals surface area contributed by atoms with E-state index in [-0.39, 0.29) is 10.7 Å². The van der Waals surface area contributed by atoms with E-state index in [2.05, 4.69) is 20.8 Å². The first-order chi connectivity index (χ1) is 14.7. The highest BCUT2D eigenvalue weighted by Crippen LogP contribution is 2.37. The van der Waals surface area contributed by atoms with Crippen LogP contribution >= 0.6 is 34.7 Å². The summed E-state index contributed by atoms with van der Waals surface area (Å²) < 4.78 is 45.3. The molecule has 6 nitrogen and oxygen atoms in total. The van der Waals surface area contributed by atoms with Crippen LogP contribution in [0.25, 0.3) is 0 Å². The van der Waals surface area contributed by atoms with E-state index in [0.717, 1.165) is 29.6 Å². The van der Waals surface area contributed by atoms with Gasteiger partial charge in [-0.15, -0.1) is 10.2 Å². The molecule has 3 rings (SSSR count). The number of nitrogens with zero attached hydrogens (tertiary/aromatic N) is 2. The highest BCUT2D eigenvalue weighted by Gasteiger charge is 2.34. The van der Waals surface area contributed by atoms with Crippen LogP contribution in [0.2, 0.25) is 5.02 Å². The lowest BCUT2D eigenvalue weighted by Gasteiger charge is -2.16. The second-order valence-electron chi connectivity index (χ2n) is 6.17. The van der Waals surface area contributed by atoms with Crippen molar-refractivity contribution in [2.24, 2.45) is 0 Å². The molecule has 31 heavy (non-hydrogen) atoms. The fourth-order valence-electron chi connectivity index (χ4n) is 2.43. The van der Waals surface area contributed by atoms with Crippen LogP contribution < -0.4 is 15.4 Å². The van der Waals surface area contributed by atoms with Gasteiger partial charge in [-0.1, -0.05) is 40.8 Å². The van der Waals surface area contributed by atoms with Gasteiger partial charge in [-0.3, -0.25) is 4.79 Å². The summed E-state index contributed by atoms with van der Waals surface area (Å²) in [6, 6.07) is 10.4. The Labute approximate surface area is 189 Å². The fraction of sp³-hybridized carbons (Fsp3) is 0.211. The maximum absolute atomic E-state index is 13.2. The number of aromatic nitrogens is 2. The van der Waals surface area contributed by atoms with Gasteiger partial charge in [0, 0.05) is 16.8 Å².